The van der Waals surface area contributed by atoms with Gasteiger partial charge in [0.1, 0.15) is 11.1 Å². The van der Waals surface area contributed by atoms with Gasteiger partial charge < -0.3 is 15.8 Å². The molecule has 0 fully saturated rings. The normalized spacial score (nSPS) is 13.6. The third-order valence-corrected chi connectivity index (χ3v) is 3.98. The maximum Gasteiger partial charge on any atom is 0.237 e. The molecule has 0 aliphatic rings. The molecule has 1 rings (SSSR count). The fraction of sp³-hybridized carbons (Fsp3) is 0.692. The average molecular weight is 358 g/mol. The second kappa shape index (κ2) is 9.58. The number of halogens is 2. The summed E-state index contributed by atoms with van der Waals surface area (Å²) in [7, 11) is 1.65. The van der Waals surface area contributed by atoms with Gasteiger partial charge in [0, 0.05) is 12.5 Å². The number of methoxy groups -OCH3 is 1. The maximum absolute atomic E-state index is 11.9. The summed E-state index contributed by atoms with van der Waals surface area (Å²) in [5, 5.41) is 5.65. The van der Waals surface area contributed by atoms with E-state index >= 15 is 0 Å². The molecule has 0 bridgehead atoms. The number of hydrogen-bond donors (Lipinski definition) is 2. The number of nitrogens with one attached hydrogen (secondary N) is 1. The van der Waals surface area contributed by atoms with Crippen LogP contribution in [0.5, 0.6) is 0 Å². The second-order valence-corrected chi connectivity index (χ2v) is 6.51. The Morgan fingerprint density at radius 1 is 1.48 bits per heavy atom. The van der Waals surface area contributed by atoms with Gasteiger partial charge in [-0.1, -0.05) is 20.8 Å². The van der Waals surface area contributed by atoms with Crippen LogP contribution in [-0.2, 0) is 16.1 Å². The minimum atomic E-state index is -0.525. The van der Waals surface area contributed by atoms with E-state index in [1.165, 1.54) is 11.3 Å². The summed E-state index contributed by atoms with van der Waals surface area (Å²) in [5.74, 6) is -0.151. The molecule has 0 radical (unpaired) electrons. The molecule has 0 aromatic carbocycles. The first kappa shape index (κ1) is 22.9. The second-order valence-electron chi connectivity index (χ2n) is 5.62. The van der Waals surface area contributed by atoms with Crippen molar-refractivity contribution < 1.29 is 9.53 Å². The molecule has 124 valence electrons. The van der Waals surface area contributed by atoms with Crippen molar-refractivity contribution in [2.45, 2.75) is 46.4 Å². The Labute approximate surface area is 142 Å². The van der Waals surface area contributed by atoms with Gasteiger partial charge in [0.15, 0.2) is 0 Å². The van der Waals surface area contributed by atoms with E-state index in [1.807, 2.05) is 33.1 Å². The van der Waals surface area contributed by atoms with Gasteiger partial charge >= 0.3 is 0 Å². The third-order valence-electron chi connectivity index (χ3n) is 2.93. The topological polar surface area (TPSA) is 77.2 Å². The van der Waals surface area contributed by atoms with Crippen LogP contribution in [0.1, 0.15) is 44.5 Å². The van der Waals surface area contributed by atoms with E-state index in [0.717, 1.165) is 10.7 Å². The quantitative estimate of drug-likeness (QED) is 0.848. The zero-order valence-electron chi connectivity index (χ0n) is 13.0. The molecule has 21 heavy (non-hydrogen) atoms. The largest absolute Gasteiger partial charge is 0.375 e. The number of nitrogens with two attached hydrogens (primary N) is 1. The Kier molecular flexibility index (Phi) is 10.4. The maximum atomic E-state index is 11.9. The monoisotopic (exact) mass is 357 g/mol. The number of hydrogen-bond acceptors (Lipinski definition) is 5. The van der Waals surface area contributed by atoms with Crippen molar-refractivity contribution in [2.24, 2.45) is 11.1 Å². The highest BCUT2D eigenvalue weighted by molar-refractivity contribution is 7.09. The van der Waals surface area contributed by atoms with Crippen molar-refractivity contribution in [1.29, 1.82) is 0 Å². The van der Waals surface area contributed by atoms with E-state index in [1.54, 1.807) is 7.11 Å². The van der Waals surface area contributed by atoms with Gasteiger partial charge in [-0.25, -0.2) is 4.98 Å². The van der Waals surface area contributed by atoms with Crippen molar-refractivity contribution >= 4 is 42.1 Å². The molecule has 8 heteroatoms. The molecule has 3 N–H and O–H groups in total. The zero-order valence-corrected chi connectivity index (χ0v) is 15.5. The van der Waals surface area contributed by atoms with Crippen LogP contribution in [0.25, 0.3) is 0 Å². The zero-order chi connectivity index (χ0) is 14.6. The fourth-order valence-corrected chi connectivity index (χ4v) is 2.22. The van der Waals surface area contributed by atoms with E-state index in [9.17, 15) is 4.79 Å². The van der Waals surface area contributed by atoms with Crippen molar-refractivity contribution in [3.63, 3.8) is 0 Å². The van der Waals surface area contributed by atoms with Gasteiger partial charge in [0.2, 0.25) is 5.91 Å². The van der Waals surface area contributed by atoms with Crippen LogP contribution in [0.4, 0.5) is 0 Å². The number of rotatable bonds is 5. The van der Waals surface area contributed by atoms with Crippen molar-refractivity contribution in [1.82, 2.24) is 10.3 Å². The van der Waals surface area contributed by atoms with E-state index in [-0.39, 0.29) is 42.2 Å². The Morgan fingerprint density at radius 3 is 2.52 bits per heavy atom. The summed E-state index contributed by atoms with van der Waals surface area (Å²) in [6.45, 7) is 8.17. The molecule has 1 aromatic heterocycles. The minimum absolute atomic E-state index is 0. The van der Waals surface area contributed by atoms with E-state index in [2.05, 4.69) is 10.3 Å². The fourth-order valence-electron chi connectivity index (χ4n) is 1.37. The summed E-state index contributed by atoms with van der Waals surface area (Å²) in [4.78, 5) is 16.3. The van der Waals surface area contributed by atoms with Gasteiger partial charge in [-0.2, -0.15) is 0 Å². The Balaban J connectivity index is 0. The lowest BCUT2D eigenvalue weighted by Crippen LogP contribution is -2.48. The first-order valence-electron chi connectivity index (χ1n) is 6.26. The third kappa shape index (κ3) is 6.93. The summed E-state index contributed by atoms with van der Waals surface area (Å²) >= 11 is 1.53. The predicted molar refractivity (Wildman–Crippen MR) is 91.3 cm³/mol. The Bertz CT molecular complexity index is 435. The molecule has 2 atom stereocenters. The number of thiazole rings is 1. The SMILES string of the molecule is COC(C)c1nc(CNC(=O)[C@@H](N)C(C)(C)C)cs1.Cl.Cl. The van der Waals surface area contributed by atoms with E-state index in [4.69, 9.17) is 10.5 Å². The summed E-state index contributed by atoms with van der Waals surface area (Å²) in [6.07, 6.45) is -0.0220. The summed E-state index contributed by atoms with van der Waals surface area (Å²) in [6, 6.07) is -0.525. The highest BCUT2D eigenvalue weighted by Gasteiger charge is 2.27. The van der Waals surface area contributed by atoms with Gasteiger partial charge in [0.05, 0.1) is 18.3 Å². The van der Waals surface area contributed by atoms with Crippen molar-refractivity contribution in [3.05, 3.63) is 16.1 Å². The smallest absolute Gasteiger partial charge is 0.237 e. The molecule has 5 nitrogen and oxygen atoms in total. The minimum Gasteiger partial charge on any atom is -0.375 e. The summed E-state index contributed by atoms with van der Waals surface area (Å²) < 4.78 is 5.20. The van der Waals surface area contributed by atoms with Gasteiger partial charge in [-0.3, -0.25) is 4.79 Å². The molecule has 1 unspecified atom stereocenters. The number of ether oxygens (including phenoxy) is 1. The molecule has 0 saturated carbocycles. The average Bonchev–Trinajstić information content (AvgIpc) is 2.81. The lowest BCUT2D eigenvalue weighted by atomic mass is 9.87. The van der Waals surface area contributed by atoms with Crippen LogP contribution in [0.15, 0.2) is 5.38 Å². The number of nitrogens with zero attached hydrogens (tertiary/aromatic N) is 1. The Morgan fingerprint density at radius 2 is 2.05 bits per heavy atom. The first-order chi connectivity index (χ1) is 8.75. The highest BCUT2D eigenvalue weighted by atomic mass is 35.5. The Hall–Kier alpha value is -0.400. The van der Waals surface area contributed by atoms with Gasteiger partial charge in [-0.05, 0) is 12.3 Å². The molecule has 0 aliphatic heterocycles. The van der Waals surface area contributed by atoms with Crippen LogP contribution in [0, 0.1) is 5.41 Å². The van der Waals surface area contributed by atoms with Crippen LogP contribution in [-0.4, -0.2) is 24.0 Å². The molecule has 0 aliphatic carbocycles. The van der Waals surface area contributed by atoms with Crippen LogP contribution in [0.3, 0.4) is 0 Å². The van der Waals surface area contributed by atoms with Crippen LogP contribution < -0.4 is 11.1 Å². The predicted octanol–water partition coefficient (Wildman–Crippen LogP) is 2.68. The van der Waals surface area contributed by atoms with Gasteiger partial charge in [-0.15, -0.1) is 36.2 Å². The van der Waals surface area contributed by atoms with Crippen molar-refractivity contribution in [2.75, 3.05) is 7.11 Å². The van der Waals surface area contributed by atoms with Crippen molar-refractivity contribution in [3.8, 4) is 0 Å². The lowest BCUT2D eigenvalue weighted by molar-refractivity contribution is -0.124. The number of carbonyl (C=O) groups is 1. The standard InChI is InChI=1S/C13H23N3O2S.2ClH/c1-8(18-5)12-16-9(7-19-12)6-15-11(17)10(14)13(2,3)4;;/h7-8,10H,6,14H2,1-5H3,(H,15,17);2*1H/t8?,10-;;/m1../s1. The molecule has 0 saturated heterocycles. The molecule has 1 heterocycles. The first-order valence-corrected chi connectivity index (χ1v) is 7.14. The van der Waals surface area contributed by atoms with E-state index < -0.39 is 6.04 Å². The molecular weight excluding hydrogens is 333 g/mol. The molecule has 1 amide bonds. The van der Waals surface area contributed by atoms with Crippen LogP contribution in [0.2, 0.25) is 0 Å². The number of amides is 1. The number of carbonyl (C=O) groups excluding carboxylic acids is 1. The highest BCUT2D eigenvalue weighted by Crippen LogP contribution is 2.20. The van der Waals surface area contributed by atoms with Crippen LogP contribution >= 0.6 is 36.2 Å². The van der Waals surface area contributed by atoms with Gasteiger partial charge in [0.25, 0.3) is 0 Å². The lowest BCUT2D eigenvalue weighted by Gasteiger charge is -2.25. The molecule has 0 spiro atoms. The molecular formula is C13H25Cl2N3O2S. The molecule has 1 aromatic rings. The number of aromatic nitrogens is 1. The van der Waals surface area contributed by atoms with E-state index in [0.29, 0.717) is 6.54 Å². The summed E-state index contributed by atoms with van der Waals surface area (Å²) in [5.41, 5.74) is 6.47.